The standard InChI is InChI=1S/C17H17NO4/c1-2-20-15-7-3-5-12-9-13(11-22-16(12)15)17(19)18-10-14-6-4-8-21-14/h3-9H,2,10-11H2,1H3,(H,18,19). The average Bonchev–Trinajstić information content (AvgIpc) is 3.06. The average molecular weight is 299 g/mol. The highest BCUT2D eigenvalue weighted by molar-refractivity contribution is 5.99. The molecule has 2 heterocycles. The number of hydrogen-bond acceptors (Lipinski definition) is 4. The van der Waals surface area contributed by atoms with E-state index >= 15 is 0 Å². The first-order chi connectivity index (χ1) is 10.8. The van der Waals surface area contributed by atoms with Crippen LogP contribution in [0.2, 0.25) is 0 Å². The quantitative estimate of drug-likeness (QED) is 0.922. The van der Waals surface area contributed by atoms with Crippen molar-refractivity contribution in [3.8, 4) is 11.5 Å². The lowest BCUT2D eigenvalue weighted by Gasteiger charge is -2.20. The highest BCUT2D eigenvalue weighted by Crippen LogP contribution is 2.35. The highest BCUT2D eigenvalue weighted by atomic mass is 16.5. The van der Waals surface area contributed by atoms with Gasteiger partial charge in [-0.05, 0) is 31.2 Å². The van der Waals surface area contributed by atoms with Gasteiger partial charge in [0.2, 0.25) is 0 Å². The molecule has 1 aromatic heterocycles. The third-order valence-corrected chi connectivity index (χ3v) is 3.31. The van der Waals surface area contributed by atoms with E-state index in [1.54, 1.807) is 12.3 Å². The minimum Gasteiger partial charge on any atom is -0.490 e. The number of amides is 1. The third-order valence-electron chi connectivity index (χ3n) is 3.31. The van der Waals surface area contributed by atoms with Gasteiger partial charge < -0.3 is 19.2 Å². The molecule has 1 aliphatic heterocycles. The van der Waals surface area contributed by atoms with E-state index in [0.717, 1.165) is 5.56 Å². The number of furan rings is 1. The molecule has 0 unspecified atom stereocenters. The normalized spacial score (nSPS) is 12.9. The second-order valence-electron chi connectivity index (χ2n) is 4.83. The van der Waals surface area contributed by atoms with Crippen LogP contribution in [0.5, 0.6) is 11.5 Å². The zero-order valence-electron chi connectivity index (χ0n) is 12.3. The van der Waals surface area contributed by atoms with E-state index in [0.29, 0.717) is 36.0 Å². The van der Waals surface area contributed by atoms with Crippen molar-refractivity contribution in [3.63, 3.8) is 0 Å². The Kier molecular flexibility index (Phi) is 4.14. The zero-order chi connectivity index (χ0) is 15.4. The molecule has 1 aromatic carbocycles. The number of carbonyl (C=O) groups excluding carboxylic acids is 1. The molecule has 1 amide bonds. The van der Waals surface area contributed by atoms with Crippen molar-refractivity contribution in [2.45, 2.75) is 13.5 Å². The van der Waals surface area contributed by atoms with Crippen LogP contribution in [0.3, 0.4) is 0 Å². The molecule has 1 aliphatic rings. The van der Waals surface area contributed by atoms with Crippen LogP contribution in [-0.2, 0) is 11.3 Å². The molecule has 0 saturated heterocycles. The molecular formula is C17H17NO4. The lowest BCUT2D eigenvalue weighted by molar-refractivity contribution is -0.118. The SMILES string of the molecule is CCOc1cccc2c1OCC(C(=O)NCc1ccco1)=C2. The lowest BCUT2D eigenvalue weighted by atomic mass is 10.1. The van der Waals surface area contributed by atoms with Gasteiger partial charge in [-0.2, -0.15) is 0 Å². The predicted octanol–water partition coefficient (Wildman–Crippen LogP) is 2.77. The Bertz CT molecular complexity index is 689. The van der Waals surface area contributed by atoms with Gasteiger partial charge in [-0.15, -0.1) is 0 Å². The number of nitrogens with one attached hydrogen (secondary N) is 1. The van der Waals surface area contributed by atoms with Crippen molar-refractivity contribution in [2.75, 3.05) is 13.2 Å². The molecule has 5 heteroatoms. The molecule has 3 rings (SSSR count). The number of para-hydroxylation sites is 1. The fraction of sp³-hybridized carbons (Fsp3) is 0.235. The molecule has 0 saturated carbocycles. The largest absolute Gasteiger partial charge is 0.490 e. The van der Waals surface area contributed by atoms with Crippen LogP contribution in [0, 0.1) is 0 Å². The van der Waals surface area contributed by atoms with Gasteiger partial charge in [-0.1, -0.05) is 12.1 Å². The number of hydrogen-bond donors (Lipinski definition) is 1. The van der Waals surface area contributed by atoms with Gasteiger partial charge in [0.05, 0.1) is 25.0 Å². The maximum Gasteiger partial charge on any atom is 0.251 e. The van der Waals surface area contributed by atoms with Crippen molar-refractivity contribution < 1.29 is 18.7 Å². The van der Waals surface area contributed by atoms with Crippen molar-refractivity contribution in [1.29, 1.82) is 0 Å². The number of rotatable bonds is 5. The van der Waals surface area contributed by atoms with E-state index < -0.39 is 0 Å². The Morgan fingerprint density at radius 1 is 1.32 bits per heavy atom. The minimum atomic E-state index is -0.163. The number of fused-ring (bicyclic) bond motifs is 1. The van der Waals surface area contributed by atoms with E-state index in [1.165, 1.54) is 0 Å². The van der Waals surface area contributed by atoms with Gasteiger partial charge in [-0.25, -0.2) is 0 Å². The summed E-state index contributed by atoms with van der Waals surface area (Å²) in [6.07, 6.45) is 3.41. The molecule has 1 N–H and O–H groups in total. The summed E-state index contributed by atoms with van der Waals surface area (Å²) in [6, 6.07) is 9.24. The van der Waals surface area contributed by atoms with Crippen LogP contribution in [-0.4, -0.2) is 19.1 Å². The summed E-state index contributed by atoms with van der Waals surface area (Å²) in [5.41, 5.74) is 1.42. The monoisotopic (exact) mass is 299 g/mol. The molecule has 22 heavy (non-hydrogen) atoms. The summed E-state index contributed by atoms with van der Waals surface area (Å²) in [7, 11) is 0. The van der Waals surface area contributed by atoms with E-state index in [1.807, 2.05) is 37.3 Å². The van der Waals surface area contributed by atoms with Crippen LogP contribution in [0.15, 0.2) is 46.6 Å². The first kappa shape index (κ1) is 14.3. The van der Waals surface area contributed by atoms with Gasteiger partial charge in [0.15, 0.2) is 11.5 Å². The molecule has 2 aromatic rings. The van der Waals surface area contributed by atoms with Crippen molar-refractivity contribution >= 4 is 12.0 Å². The predicted molar refractivity (Wildman–Crippen MR) is 81.6 cm³/mol. The molecule has 0 atom stereocenters. The molecule has 0 fully saturated rings. The maximum absolute atomic E-state index is 12.2. The fourth-order valence-corrected chi connectivity index (χ4v) is 2.27. The first-order valence-electron chi connectivity index (χ1n) is 7.17. The Morgan fingerprint density at radius 3 is 3.00 bits per heavy atom. The Labute approximate surface area is 128 Å². The molecule has 5 nitrogen and oxygen atoms in total. The van der Waals surface area contributed by atoms with Crippen LogP contribution in [0.4, 0.5) is 0 Å². The summed E-state index contributed by atoms with van der Waals surface area (Å²) in [5, 5.41) is 2.81. The summed E-state index contributed by atoms with van der Waals surface area (Å²) in [4.78, 5) is 12.2. The molecule has 114 valence electrons. The Morgan fingerprint density at radius 2 is 2.23 bits per heavy atom. The molecule has 0 aliphatic carbocycles. The third kappa shape index (κ3) is 2.98. The molecule has 0 radical (unpaired) electrons. The number of benzene rings is 1. The summed E-state index contributed by atoms with van der Waals surface area (Å²) in [6.45, 7) is 3.07. The second-order valence-corrected chi connectivity index (χ2v) is 4.83. The smallest absolute Gasteiger partial charge is 0.251 e. The summed E-state index contributed by atoms with van der Waals surface area (Å²) < 4.78 is 16.4. The zero-order valence-corrected chi connectivity index (χ0v) is 12.3. The maximum atomic E-state index is 12.2. The molecule has 0 spiro atoms. The summed E-state index contributed by atoms with van der Waals surface area (Å²) >= 11 is 0. The first-order valence-corrected chi connectivity index (χ1v) is 7.17. The van der Waals surface area contributed by atoms with E-state index in [-0.39, 0.29) is 12.5 Å². The van der Waals surface area contributed by atoms with Crippen LogP contribution < -0.4 is 14.8 Å². The summed E-state index contributed by atoms with van der Waals surface area (Å²) in [5.74, 6) is 1.94. The highest BCUT2D eigenvalue weighted by Gasteiger charge is 2.20. The van der Waals surface area contributed by atoms with Gasteiger partial charge >= 0.3 is 0 Å². The number of ether oxygens (including phenoxy) is 2. The van der Waals surface area contributed by atoms with E-state index in [9.17, 15) is 4.79 Å². The van der Waals surface area contributed by atoms with Crippen molar-refractivity contribution in [1.82, 2.24) is 5.32 Å². The van der Waals surface area contributed by atoms with Crippen molar-refractivity contribution in [2.24, 2.45) is 0 Å². The lowest BCUT2D eigenvalue weighted by Crippen LogP contribution is -2.28. The number of carbonyl (C=O) groups is 1. The Hall–Kier alpha value is -2.69. The minimum absolute atomic E-state index is 0.163. The van der Waals surface area contributed by atoms with E-state index in [4.69, 9.17) is 13.9 Å². The second kappa shape index (κ2) is 6.39. The van der Waals surface area contributed by atoms with Gasteiger partial charge in [0.1, 0.15) is 12.4 Å². The topological polar surface area (TPSA) is 60.7 Å². The van der Waals surface area contributed by atoms with Crippen LogP contribution >= 0.6 is 0 Å². The molecule has 0 bridgehead atoms. The van der Waals surface area contributed by atoms with Crippen molar-refractivity contribution in [3.05, 3.63) is 53.5 Å². The van der Waals surface area contributed by atoms with Gasteiger partial charge in [-0.3, -0.25) is 4.79 Å². The van der Waals surface area contributed by atoms with Crippen LogP contribution in [0.25, 0.3) is 6.08 Å². The van der Waals surface area contributed by atoms with Gasteiger partial charge in [0.25, 0.3) is 5.91 Å². The van der Waals surface area contributed by atoms with Crippen LogP contribution in [0.1, 0.15) is 18.2 Å². The Balaban J connectivity index is 1.73. The van der Waals surface area contributed by atoms with Gasteiger partial charge in [0, 0.05) is 5.56 Å². The van der Waals surface area contributed by atoms with E-state index in [2.05, 4.69) is 5.32 Å². The molecular weight excluding hydrogens is 282 g/mol. The fourth-order valence-electron chi connectivity index (χ4n) is 2.27.